The van der Waals surface area contributed by atoms with Gasteiger partial charge in [0.05, 0.1) is 4.92 Å². The van der Waals surface area contributed by atoms with E-state index in [1.807, 2.05) is 0 Å². The van der Waals surface area contributed by atoms with E-state index >= 15 is 0 Å². The highest BCUT2D eigenvalue weighted by Crippen LogP contribution is 2.24. The van der Waals surface area contributed by atoms with Crippen molar-refractivity contribution in [3.05, 3.63) is 46.5 Å². The minimum Gasteiger partial charge on any atom is -0.337 e. The predicted molar refractivity (Wildman–Crippen MR) is 81.4 cm³/mol. The van der Waals surface area contributed by atoms with Crippen LogP contribution in [0.5, 0.6) is 0 Å². The van der Waals surface area contributed by atoms with Crippen LogP contribution in [0.3, 0.4) is 0 Å². The molecule has 0 aliphatic carbocycles. The molecule has 23 heavy (non-hydrogen) atoms. The molecule has 1 aromatic carbocycles. The summed E-state index contributed by atoms with van der Waals surface area (Å²) in [6.07, 6.45) is 3.54. The largest absolute Gasteiger partial charge is 0.337 e. The van der Waals surface area contributed by atoms with Crippen molar-refractivity contribution in [1.29, 1.82) is 0 Å². The number of hydrogen-bond acceptors (Lipinski definition) is 6. The number of hydrogen-bond donors (Lipinski definition) is 1. The first-order valence-electron chi connectivity index (χ1n) is 7.30. The van der Waals surface area contributed by atoms with Gasteiger partial charge in [0.25, 0.3) is 11.6 Å². The minimum absolute atomic E-state index is 0.172. The van der Waals surface area contributed by atoms with Gasteiger partial charge in [-0.2, -0.15) is 5.10 Å². The summed E-state index contributed by atoms with van der Waals surface area (Å²) in [7, 11) is 0. The Kier molecular flexibility index (Phi) is 4.29. The minimum atomic E-state index is -0.516. The monoisotopic (exact) mass is 316 g/mol. The van der Waals surface area contributed by atoms with Crippen LogP contribution in [0.4, 0.5) is 5.69 Å². The molecule has 0 atom stereocenters. The summed E-state index contributed by atoms with van der Waals surface area (Å²) < 4.78 is 1.31. The number of nitro groups is 1. The summed E-state index contributed by atoms with van der Waals surface area (Å²) in [5.74, 6) is -0.193. The third kappa shape index (κ3) is 3.19. The molecule has 0 saturated carbocycles. The molecule has 120 valence electrons. The zero-order chi connectivity index (χ0) is 16.2. The standard InChI is InChI=1S/C14H16N6O3/c21-14(18-6-1-4-15-5-7-18)11-2-3-12(13(8-11)20(22)23)19-10-16-9-17-19/h2-3,8-10,15H,1,4-7H2. The summed E-state index contributed by atoms with van der Waals surface area (Å²) in [5.41, 5.74) is 0.415. The molecule has 3 rings (SSSR count). The molecule has 9 nitrogen and oxygen atoms in total. The highest BCUT2D eigenvalue weighted by molar-refractivity contribution is 5.95. The molecule has 0 unspecified atom stereocenters. The van der Waals surface area contributed by atoms with Gasteiger partial charge in [-0.1, -0.05) is 0 Å². The number of aromatic nitrogens is 3. The Hall–Kier alpha value is -2.81. The van der Waals surface area contributed by atoms with Crippen molar-refractivity contribution in [1.82, 2.24) is 25.0 Å². The number of nitrogens with zero attached hydrogens (tertiary/aromatic N) is 5. The molecule has 0 spiro atoms. The van der Waals surface area contributed by atoms with E-state index in [0.29, 0.717) is 18.7 Å². The third-order valence-corrected chi connectivity index (χ3v) is 3.71. The second-order valence-corrected chi connectivity index (χ2v) is 5.20. The first kappa shape index (κ1) is 15.1. The summed E-state index contributed by atoms with van der Waals surface area (Å²) >= 11 is 0. The lowest BCUT2D eigenvalue weighted by atomic mass is 10.1. The summed E-state index contributed by atoms with van der Waals surface area (Å²) in [6, 6.07) is 4.42. The molecule has 1 aromatic heterocycles. The molecule has 2 aromatic rings. The molecule has 1 N–H and O–H groups in total. The maximum Gasteiger partial charge on any atom is 0.295 e. The Morgan fingerprint density at radius 2 is 2.17 bits per heavy atom. The van der Waals surface area contributed by atoms with E-state index in [1.54, 1.807) is 11.0 Å². The zero-order valence-corrected chi connectivity index (χ0v) is 12.4. The topological polar surface area (TPSA) is 106 Å². The number of nitrogens with one attached hydrogen (secondary N) is 1. The summed E-state index contributed by atoms with van der Waals surface area (Å²) in [6.45, 7) is 2.84. The lowest BCUT2D eigenvalue weighted by Crippen LogP contribution is -2.34. The molecule has 1 fully saturated rings. The number of rotatable bonds is 3. The third-order valence-electron chi connectivity index (χ3n) is 3.71. The van der Waals surface area contributed by atoms with Crippen molar-refractivity contribution in [3.63, 3.8) is 0 Å². The van der Waals surface area contributed by atoms with Gasteiger partial charge in [-0.3, -0.25) is 14.9 Å². The normalized spacial score (nSPS) is 15.2. The number of amides is 1. The van der Waals surface area contributed by atoms with E-state index in [1.165, 1.54) is 29.5 Å². The Morgan fingerprint density at radius 1 is 1.30 bits per heavy atom. The second kappa shape index (κ2) is 6.53. The van der Waals surface area contributed by atoms with Gasteiger partial charge >= 0.3 is 0 Å². The van der Waals surface area contributed by atoms with Crippen molar-refractivity contribution < 1.29 is 9.72 Å². The highest BCUT2D eigenvalue weighted by atomic mass is 16.6. The van der Waals surface area contributed by atoms with Crippen LogP contribution in [-0.4, -0.2) is 56.7 Å². The van der Waals surface area contributed by atoms with Crippen LogP contribution in [0.2, 0.25) is 0 Å². The van der Waals surface area contributed by atoms with Gasteiger partial charge in [0, 0.05) is 31.3 Å². The molecule has 1 saturated heterocycles. The Bertz CT molecular complexity index is 707. The van der Waals surface area contributed by atoms with Crippen molar-refractivity contribution in [3.8, 4) is 5.69 Å². The van der Waals surface area contributed by atoms with Crippen LogP contribution in [0.1, 0.15) is 16.8 Å². The van der Waals surface area contributed by atoms with E-state index in [9.17, 15) is 14.9 Å². The van der Waals surface area contributed by atoms with Crippen LogP contribution >= 0.6 is 0 Å². The summed E-state index contributed by atoms with van der Waals surface area (Å²) in [5, 5.41) is 18.5. The Labute approximate surface area is 132 Å². The zero-order valence-electron chi connectivity index (χ0n) is 12.4. The fraction of sp³-hybridized carbons (Fsp3) is 0.357. The first-order valence-corrected chi connectivity index (χ1v) is 7.30. The van der Waals surface area contributed by atoms with Gasteiger partial charge in [-0.15, -0.1) is 0 Å². The van der Waals surface area contributed by atoms with E-state index in [2.05, 4.69) is 15.4 Å². The van der Waals surface area contributed by atoms with Gasteiger partial charge in [0.2, 0.25) is 0 Å². The van der Waals surface area contributed by atoms with Crippen LogP contribution in [0.15, 0.2) is 30.9 Å². The van der Waals surface area contributed by atoms with Gasteiger partial charge in [0.15, 0.2) is 0 Å². The van der Waals surface area contributed by atoms with Gasteiger partial charge in [-0.05, 0) is 25.1 Å². The lowest BCUT2D eigenvalue weighted by Gasteiger charge is -2.20. The van der Waals surface area contributed by atoms with Crippen molar-refractivity contribution in [2.75, 3.05) is 26.2 Å². The number of nitro benzene ring substituents is 1. The fourth-order valence-corrected chi connectivity index (χ4v) is 2.56. The lowest BCUT2D eigenvalue weighted by molar-refractivity contribution is -0.384. The first-order chi connectivity index (χ1) is 11.2. The molecule has 1 amide bonds. The van der Waals surface area contributed by atoms with Crippen molar-refractivity contribution in [2.24, 2.45) is 0 Å². The average Bonchev–Trinajstić information content (AvgIpc) is 2.96. The second-order valence-electron chi connectivity index (χ2n) is 5.20. The van der Waals surface area contributed by atoms with Crippen LogP contribution in [-0.2, 0) is 0 Å². The molecular formula is C14H16N6O3. The number of carbonyl (C=O) groups excluding carboxylic acids is 1. The van der Waals surface area contributed by atoms with Crippen molar-refractivity contribution >= 4 is 11.6 Å². The van der Waals surface area contributed by atoms with E-state index in [-0.39, 0.29) is 17.3 Å². The molecule has 1 aliphatic heterocycles. The van der Waals surface area contributed by atoms with Gasteiger partial charge in [-0.25, -0.2) is 9.67 Å². The molecule has 9 heteroatoms. The van der Waals surface area contributed by atoms with E-state index in [4.69, 9.17) is 0 Å². The molecule has 0 radical (unpaired) electrons. The van der Waals surface area contributed by atoms with E-state index < -0.39 is 4.92 Å². The fourth-order valence-electron chi connectivity index (χ4n) is 2.56. The highest BCUT2D eigenvalue weighted by Gasteiger charge is 2.22. The van der Waals surface area contributed by atoms with Gasteiger partial charge < -0.3 is 10.2 Å². The van der Waals surface area contributed by atoms with E-state index in [0.717, 1.165) is 19.5 Å². The van der Waals surface area contributed by atoms with Crippen LogP contribution in [0, 0.1) is 10.1 Å². The molecule has 0 bridgehead atoms. The SMILES string of the molecule is O=C(c1ccc(-n2cncn2)c([N+](=O)[O-])c1)N1CCCNCC1. The quantitative estimate of drug-likeness (QED) is 0.657. The van der Waals surface area contributed by atoms with Gasteiger partial charge in [0.1, 0.15) is 18.3 Å². The smallest absolute Gasteiger partial charge is 0.295 e. The predicted octanol–water partition coefficient (Wildman–Crippen LogP) is 0.611. The van der Waals surface area contributed by atoms with Crippen LogP contribution < -0.4 is 5.32 Å². The summed E-state index contributed by atoms with van der Waals surface area (Å²) in [4.78, 5) is 28.9. The number of benzene rings is 1. The maximum absolute atomic E-state index is 12.6. The molecule has 2 heterocycles. The Morgan fingerprint density at radius 3 is 2.91 bits per heavy atom. The number of carbonyl (C=O) groups is 1. The maximum atomic E-state index is 12.6. The van der Waals surface area contributed by atoms with Crippen molar-refractivity contribution in [2.45, 2.75) is 6.42 Å². The average molecular weight is 316 g/mol. The van der Waals surface area contributed by atoms with Crippen LogP contribution in [0.25, 0.3) is 5.69 Å². The molecule has 1 aliphatic rings. The Balaban J connectivity index is 1.93. The molecular weight excluding hydrogens is 300 g/mol.